The number of nitrogens with zero attached hydrogens (tertiary/aromatic N) is 4. The van der Waals surface area contributed by atoms with Crippen molar-refractivity contribution in [1.82, 2.24) is 14.8 Å². The molecule has 1 aromatic rings. The number of nitro groups is 1. The third-order valence-corrected chi connectivity index (χ3v) is 5.61. The lowest BCUT2D eigenvalue weighted by Gasteiger charge is -2.59. The molecule has 0 saturated heterocycles. The molecule has 21 heavy (non-hydrogen) atoms. The maximum Gasteiger partial charge on any atom is 0.490 e. The Morgan fingerprint density at radius 2 is 2.05 bits per heavy atom. The van der Waals surface area contributed by atoms with Crippen LogP contribution in [0.2, 0.25) is 0 Å². The van der Waals surface area contributed by atoms with Crippen LogP contribution in [-0.2, 0) is 10.3 Å². The Bertz CT molecular complexity index is 626. The summed E-state index contributed by atoms with van der Waals surface area (Å²) in [5.41, 5.74) is -1.07. The van der Waals surface area contributed by atoms with Crippen molar-refractivity contribution in [3.05, 3.63) is 16.4 Å². The monoisotopic (exact) mass is 292 g/mol. The predicted octanol–water partition coefficient (Wildman–Crippen LogP) is 1.57. The van der Waals surface area contributed by atoms with Crippen LogP contribution in [0.5, 0.6) is 0 Å². The smallest absolute Gasteiger partial charge is 0.481 e. The van der Waals surface area contributed by atoms with Gasteiger partial charge in [0.1, 0.15) is 0 Å². The van der Waals surface area contributed by atoms with Crippen LogP contribution in [0.1, 0.15) is 38.5 Å². The van der Waals surface area contributed by atoms with Gasteiger partial charge in [-0.1, -0.05) is 4.98 Å². The second-order valence-electron chi connectivity index (χ2n) is 7.02. The van der Waals surface area contributed by atoms with Crippen LogP contribution in [0.3, 0.4) is 0 Å². The number of carboxylic acids is 1. The van der Waals surface area contributed by atoms with E-state index in [0.717, 1.165) is 32.1 Å². The van der Waals surface area contributed by atoms with Gasteiger partial charge < -0.3 is 15.2 Å². The number of carboxylic acid groups (broad SMARTS) is 1. The SMILES string of the molecule is O=C(O)C12C[C@H]3C[C@@H](C1)CC(n1cnc([N+](=O)[O-])n1)(C3)C2. The molecular weight excluding hydrogens is 276 g/mol. The fourth-order valence-electron chi connectivity index (χ4n) is 5.30. The molecule has 4 saturated carbocycles. The molecule has 4 fully saturated rings. The number of carbonyl (C=O) groups is 1. The molecule has 1 N–H and O–H groups in total. The Morgan fingerprint density at radius 1 is 1.38 bits per heavy atom. The summed E-state index contributed by atoms with van der Waals surface area (Å²) in [6.45, 7) is 0. The minimum atomic E-state index is -0.726. The average Bonchev–Trinajstić information content (AvgIpc) is 2.87. The lowest BCUT2D eigenvalue weighted by Crippen LogP contribution is -2.59. The molecule has 0 aromatic carbocycles. The fourth-order valence-corrected chi connectivity index (χ4v) is 5.30. The van der Waals surface area contributed by atoms with Crippen molar-refractivity contribution in [3.8, 4) is 0 Å². The van der Waals surface area contributed by atoms with Crippen LogP contribution < -0.4 is 0 Å². The van der Waals surface area contributed by atoms with Crippen LogP contribution in [0.4, 0.5) is 5.95 Å². The van der Waals surface area contributed by atoms with E-state index in [1.54, 1.807) is 4.68 Å². The van der Waals surface area contributed by atoms with Gasteiger partial charge in [0.2, 0.25) is 6.33 Å². The van der Waals surface area contributed by atoms with Crippen LogP contribution in [0.15, 0.2) is 6.33 Å². The Kier molecular flexibility index (Phi) is 2.31. The Balaban J connectivity index is 1.76. The van der Waals surface area contributed by atoms with Gasteiger partial charge in [0.05, 0.1) is 11.0 Å². The van der Waals surface area contributed by atoms with E-state index in [1.165, 1.54) is 6.33 Å². The molecule has 2 unspecified atom stereocenters. The third-order valence-electron chi connectivity index (χ3n) is 5.61. The Labute approximate surface area is 120 Å². The standard InChI is InChI=1S/C13H16N4O4/c18-10(19)12-2-8-1-9(3-12)5-13(4-8,6-12)16-7-14-11(15-16)17(20)21/h7-9H,1-6H2,(H,18,19)/t8-,9+,12?,13?. The number of rotatable bonds is 3. The van der Waals surface area contributed by atoms with Gasteiger partial charge in [0.25, 0.3) is 0 Å². The summed E-state index contributed by atoms with van der Waals surface area (Å²) >= 11 is 0. The second kappa shape index (κ2) is 3.80. The minimum Gasteiger partial charge on any atom is -0.481 e. The largest absolute Gasteiger partial charge is 0.490 e. The van der Waals surface area contributed by atoms with Crippen LogP contribution >= 0.6 is 0 Å². The summed E-state index contributed by atoms with van der Waals surface area (Å²) in [4.78, 5) is 25.7. The van der Waals surface area contributed by atoms with Crippen LogP contribution in [0.25, 0.3) is 0 Å². The summed E-state index contributed by atoms with van der Waals surface area (Å²) in [5.74, 6) is -0.373. The molecule has 0 amide bonds. The van der Waals surface area contributed by atoms with Crippen LogP contribution in [-0.4, -0.2) is 30.8 Å². The summed E-state index contributed by atoms with van der Waals surface area (Å²) in [6, 6.07) is 0. The maximum absolute atomic E-state index is 11.8. The molecule has 8 nitrogen and oxygen atoms in total. The van der Waals surface area contributed by atoms with Gasteiger partial charge in [0.15, 0.2) is 0 Å². The highest BCUT2D eigenvalue weighted by atomic mass is 16.6. The highest BCUT2D eigenvalue weighted by Crippen LogP contribution is 2.64. The van der Waals surface area contributed by atoms with E-state index >= 15 is 0 Å². The van der Waals surface area contributed by atoms with Gasteiger partial charge >= 0.3 is 11.9 Å². The molecule has 4 aliphatic carbocycles. The van der Waals surface area contributed by atoms with E-state index in [0.29, 0.717) is 18.3 Å². The van der Waals surface area contributed by atoms with E-state index in [2.05, 4.69) is 10.1 Å². The van der Waals surface area contributed by atoms with E-state index in [-0.39, 0.29) is 0 Å². The van der Waals surface area contributed by atoms with E-state index < -0.39 is 27.8 Å². The maximum atomic E-state index is 11.8. The summed E-state index contributed by atoms with van der Waals surface area (Å²) in [6.07, 6.45) is 6.18. The summed E-state index contributed by atoms with van der Waals surface area (Å²) < 4.78 is 1.58. The molecule has 112 valence electrons. The zero-order valence-electron chi connectivity index (χ0n) is 11.4. The molecule has 4 atom stereocenters. The lowest BCUT2D eigenvalue weighted by atomic mass is 9.47. The van der Waals surface area contributed by atoms with Gasteiger partial charge in [-0.3, -0.25) is 4.79 Å². The summed E-state index contributed by atoms with van der Waals surface area (Å²) in [7, 11) is 0. The second-order valence-corrected chi connectivity index (χ2v) is 7.02. The molecule has 4 bridgehead atoms. The Hall–Kier alpha value is -1.99. The molecule has 1 aromatic heterocycles. The molecule has 1 heterocycles. The van der Waals surface area contributed by atoms with Crippen molar-refractivity contribution in [3.63, 3.8) is 0 Å². The van der Waals surface area contributed by atoms with Gasteiger partial charge in [-0.2, -0.15) is 4.68 Å². The number of aliphatic carboxylic acids is 1. The molecule has 0 aliphatic heterocycles. The number of aromatic nitrogens is 3. The zero-order chi connectivity index (χ0) is 14.8. The van der Waals surface area contributed by atoms with Gasteiger partial charge in [-0.05, 0) is 55.3 Å². The molecule has 4 aliphatic rings. The normalized spacial score (nSPS) is 40.4. The molecule has 5 rings (SSSR count). The fraction of sp³-hybridized carbons (Fsp3) is 0.769. The number of hydrogen-bond acceptors (Lipinski definition) is 5. The highest BCUT2D eigenvalue weighted by molar-refractivity contribution is 5.75. The Morgan fingerprint density at radius 3 is 2.57 bits per heavy atom. The number of hydrogen-bond donors (Lipinski definition) is 1. The topological polar surface area (TPSA) is 111 Å². The molecule has 8 heteroatoms. The molecular formula is C13H16N4O4. The van der Waals surface area contributed by atoms with Crippen molar-refractivity contribution in [2.45, 2.75) is 44.1 Å². The van der Waals surface area contributed by atoms with Crippen molar-refractivity contribution in [1.29, 1.82) is 0 Å². The first-order valence-electron chi connectivity index (χ1n) is 7.22. The van der Waals surface area contributed by atoms with E-state index in [1.807, 2.05) is 0 Å². The first-order valence-corrected chi connectivity index (χ1v) is 7.22. The van der Waals surface area contributed by atoms with Crippen molar-refractivity contribution in [2.24, 2.45) is 17.3 Å². The predicted molar refractivity (Wildman–Crippen MR) is 69.4 cm³/mol. The van der Waals surface area contributed by atoms with Gasteiger partial charge in [-0.25, -0.2) is 0 Å². The van der Waals surface area contributed by atoms with Gasteiger partial charge in [0, 0.05) is 5.10 Å². The van der Waals surface area contributed by atoms with Crippen molar-refractivity contribution in [2.75, 3.05) is 0 Å². The molecule has 0 radical (unpaired) electrons. The minimum absolute atomic E-state index is 0.380. The van der Waals surface area contributed by atoms with Crippen molar-refractivity contribution >= 4 is 11.9 Å². The zero-order valence-corrected chi connectivity index (χ0v) is 11.4. The third kappa shape index (κ3) is 1.64. The van der Waals surface area contributed by atoms with Gasteiger partial charge in [-0.15, -0.1) is 0 Å². The van der Waals surface area contributed by atoms with E-state index in [9.17, 15) is 20.0 Å². The average molecular weight is 292 g/mol. The van der Waals surface area contributed by atoms with Crippen molar-refractivity contribution < 1.29 is 14.8 Å². The van der Waals surface area contributed by atoms with E-state index in [4.69, 9.17) is 0 Å². The first kappa shape index (κ1) is 12.7. The highest BCUT2D eigenvalue weighted by Gasteiger charge is 2.62. The quantitative estimate of drug-likeness (QED) is 0.668. The van der Waals surface area contributed by atoms with Crippen LogP contribution in [0, 0.1) is 27.4 Å². The molecule has 0 spiro atoms. The first-order chi connectivity index (χ1) is 9.92. The lowest BCUT2D eigenvalue weighted by molar-refractivity contribution is -0.394. The summed E-state index contributed by atoms with van der Waals surface area (Å²) in [5, 5.41) is 24.5.